The summed E-state index contributed by atoms with van der Waals surface area (Å²) in [6.45, 7) is 3.08. The van der Waals surface area contributed by atoms with Crippen molar-refractivity contribution in [3.63, 3.8) is 0 Å². The first kappa shape index (κ1) is 18.1. The summed E-state index contributed by atoms with van der Waals surface area (Å²) in [5.74, 6) is -0.223. The molecule has 1 amide bonds. The first-order valence-electron chi connectivity index (χ1n) is 8.77. The van der Waals surface area contributed by atoms with E-state index in [9.17, 15) is 9.59 Å². The number of nitrogens with one attached hydrogen (secondary N) is 1. The Morgan fingerprint density at radius 2 is 2.07 bits per heavy atom. The average molecular weight is 394 g/mol. The predicted molar refractivity (Wildman–Crippen MR) is 107 cm³/mol. The van der Waals surface area contributed by atoms with Crippen LogP contribution in [0.1, 0.15) is 21.1 Å². The van der Waals surface area contributed by atoms with E-state index in [0.29, 0.717) is 36.4 Å². The Bertz CT molecular complexity index is 1180. The van der Waals surface area contributed by atoms with E-state index in [-0.39, 0.29) is 11.5 Å². The molecule has 3 aromatic heterocycles. The minimum Gasteiger partial charge on any atom is -0.349 e. The lowest BCUT2D eigenvalue weighted by molar-refractivity contribution is 0.0947. The second kappa shape index (κ2) is 7.73. The fourth-order valence-corrected chi connectivity index (χ4v) is 3.48. The van der Waals surface area contributed by atoms with Gasteiger partial charge in [-0.2, -0.15) is 5.10 Å². The lowest BCUT2D eigenvalue weighted by atomic mass is 10.2. The molecule has 0 aliphatic rings. The molecule has 0 aliphatic carbocycles. The Hall–Kier alpha value is -3.33. The van der Waals surface area contributed by atoms with Crippen LogP contribution in [0.4, 0.5) is 0 Å². The SMILES string of the molecule is Cc1nc(C(=O)NCCn2ncc3c(=O)n(Cc4ccccc4)cnc32)cs1. The molecule has 3 heterocycles. The van der Waals surface area contributed by atoms with E-state index in [2.05, 4.69) is 20.4 Å². The molecule has 9 heteroatoms. The van der Waals surface area contributed by atoms with Gasteiger partial charge in [0.05, 0.1) is 24.3 Å². The Morgan fingerprint density at radius 1 is 1.25 bits per heavy atom. The van der Waals surface area contributed by atoms with Gasteiger partial charge in [-0.3, -0.25) is 14.2 Å². The van der Waals surface area contributed by atoms with Crippen LogP contribution in [0.15, 0.2) is 53.0 Å². The standard InChI is InChI=1S/C19H18N6O2S/c1-13-23-16(11-28-13)18(26)20-7-8-25-17-15(9-22-25)19(27)24(12-21-17)10-14-5-3-2-4-6-14/h2-6,9,11-12H,7-8,10H2,1H3,(H,20,26). The molecule has 4 aromatic rings. The molecular weight excluding hydrogens is 376 g/mol. The molecule has 0 unspecified atom stereocenters. The van der Waals surface area contributed by atoms with Gasteiger partial charge in [-0.25, -0.2) is 14.6 Å². The van der Waals surface area contributed by atoms with E-state index in [1.54, 1.807) is 14.6 Å². The van der Waals surface area contributed by atoms with Crippen molar-refractivity contribution in [3.05, 3.63) is 74.9 Å². The van der Waals surface area contributed by atoms with Crippen molar-refractivity contribution in [2.24, 2.45) is 0 Å². The van der Waals surface area contributed by atoms with Crippen molar-refractivity contribution in [2.75, 3.05) is 6.54 Å². The van der Waals surface area contributed by atoms with Gasteiger partial charge in [-0.15, -0.1) is 11.3 Å². The highest BCUT2D eigenvalue weighted by Crippen LogP contribution is 2.08. The summed E-state index contributed by atoms with van der Waals surface area (Å²) in [5.41, 5.74) is 1.81. The first-order chi connectivity index (χ1) is 13.6. The number of amides is 1. The summed E-state index contributed by atoms with van der Waals surface area (Å²) in [6, 6.07) is 9.74. The Balaban J connectivity index is 1.46. The number of aromatic nitrogens is 5. The molecular formula is C19H18N6O2S. The van der Waals surface area contributed by atoms with Crippen molar-refractivity contribution in [3.8, 4) is 0 Å². The zero-order valence-electron chi connectivity index (χ0n) is 15.2. The zero-order valence-corrected chi connectivity index (χ0v) is 16.0. The van der Waals surface area contributed by atoms with Crippen LogP contribution in [-0.2, 0) is 13.1 Å². The van der Waals surface area contributed by atoms with Gasteiger partial charge in [-0.1, -0.05) is 30.3 Å². The van der Waals surface area contributed by atoms with Gasteiger partial charge in [0, 0.05) is 11.9 Å². The van der Waals surface area contributed by atoms with Crippen LogP contribution >= 0.6 is 11.3 Å². The van der Waals surface area contributed by atoms with Gasteiger partial charge in [-0.05, 0) is 12.5 Å². The highest BCUT2D eigenvalue weighted by Gasteiger charge is 2.12. The van der Waals surface area contributed by atoms with E-state index < -0.39 is 0 Å². The van der Waals surface area contributed by atoms with Crippen LogP contribution in [0.2, 0.25) is 0 Å². The number of thiazole rings is 1. The number of carbonyl (C=O) groups excluding carboxylic acids is 1. The van der Waals surface area contributed by atoms with Crippen molar-refractivity contribution >= 4 is 28.3 Å². The third-order valence-electron chi connectivity index (χ3n) is 4.28. The number of hydrogen-bond acceptors (Lipinski definition) is 6. The second-order valence-corrected chi connectivity index (χ2v) is 7.34. The van der Waals surface area contributed by atoms with Gasteiger partial charge in [0.25, 0.3) is 11.5 Å². The molecule has 0 fully saturated rings. The molecule has 4 rings (SSSR count). The van der Waals surface area contributed by atoms with Gasteiger partial charge in [0.2, 0.25) is 0 Å². The Labute approximate surface area is 164 Å². The topological polar surface area (TPSA) is 94.7 Å². The summed E-state index contributed by atoms with van der Waals surface area (Å²) in [6.07, 6.45) is 3.06. The van der Waals surface area contributed by atoms with E-state index in [0.717, 1.165) is 10.6 Å². The Morgan fingerprint density at radius 3 is 2.82 bits per heavy atom. The molecule has 0 aliphatic heterocycles. The van der Waals surface area contributed by atoms with E-state index in [1.165, 1.54) is 23.9 Å². The van der Waals surface area contributed by atoms with Crippen LogP contribution in [0.25, 0.3) is 11.0 Å². The fourth-order valence-electron chi connectivity index (χ4n) is 2.89. The average Bonchev–Trinajstić information content (AvgIpc) is 3.32. The van der Waals surface area contributed by atoms with Crippen LogP contribution in [0, 0.1) is 6.92 Å². The number of carbonyl (C=O) groups is 1. The molecule has 0 saturated carbocycles. The molecule has 0 spiro atoms. The highest BCUT2D eigenvalue weighted by molar-refractivity contribution is 7.09. The van der Waals surface area contributed by atoms with Gasteiger partial charge in [0.1, 0.15) is 17.4 Å². The normalized spacial score (nSPS) is 11.0. The largest absolute Gasteiger partial charge is 0.349 e. The second-order valence-electron chi connectivity index (χ2n) is 6.28. The van der Waals surface area contributed by atoms with Crippen LogP contribution in [0.3, 0.4) is 0 Å². The van der Waals surface area contributed by atoms with Gasteiger partial charge in [0.15, 0.2) is 5.65 Å². The summed E-state index contributed by atoms with van der Waals surface area (Å²) in [4.78, 5) is 33.3. The van der Waals surface area contributed by atoms with Crippen molar-refractivity contribution < 1.29 is 4.79 Å². The molecule has 8 nitrogen and oxygen atoms in total. The summed E-state index contributed by atoms with van der Waals surface area (Å²) in [5, 5.41) is 10.1. The summed E-state index contributed by atoms with van der Waals surface area (Å²) >= 11 is 1.43. The maximum atomic E-state index is 12.7. The summed E-state index contributed by atoms with van der Waals surface area (Å²) < 4.78 is 3.19. The molecule has 0 saturated heterocycles. The third kappa shape index (κ3) is 3.70. The van der Waals surface area contributed by atoms with E-state index >= 15 is 0 Å². The number of aryl methyl sites for hydroxylation is 1. The van der Waals surface area contributed by atoms with Crippen LogP contribution < -0.4 is 10.9 Å². The summed E-state index contributed by atoms with van der Waals surface area (Å²) in [7, 11) is 0. The quantitative estimate of drug-likeness (QED) is 0.538. The molecule has 28 heavy (non-hydrogen) atoms. The number of nitrogens with zero attached hydrogens (tertiary/aromatic N) is 5. The number of hydrogen-bond donors (Lipinski definition) is 1. The lowest BCUT2D eigenvalue weighted by Gasteiger charge is -2.07. The monoisotopic (exact) mass is 394 g/mol. The van der Waals surface area contributed by atoms with Crippen molar-refractivity contribution in [1.82, 2.24) is 29.6 Å². The molecule has 0 bridgehead atoms. The third-order valence-corrected chi connectivity index (χ3v) is 5.05. The minimum atomic E-state index is -0.223. The number of rotatable bonds is 6. The van der Waals surface area contributed by atoms with Crippen molar-refractivity contribution in [1.29, 1.82) is 0 Å². The van der Waals surface area contributed by atoms with Crippen LogP contribution in [0.5, 0.6) is 0 Å². The van der Waals surface area contributed by atoms with E-state index in [1.807, 2.05) is 37.3 Å². The molecule has 1 N–H and O–H groups in total. The maximum Gasteiger partial charge on any atom is 0.270 e. The maximum absolute atomic E-state index is 12.7. The van der Waals surface area contributed by atoms with Crippen LogP contribution in [-0.4, -0.2) is 36.8 Å². The van der Waals surface area contributed by atoms with Crippen molar-refractivity contribution in [2.45, 2.75) is 20.0 Å². The minimum absolute atomic E-state index is 0.137. The lowest BCUT2D eigenvalue weighted by Crippen LogP contribution is -2.28. The first-order valence-corrected chi connectivity index (χ1v) is 9.65. The Kier molecular flexibility index (Phi) is 4.98. The molecule has 1 aromatic carbocycles. The fraction of sp³-hybridized carbons (Fsp3) is 0.211. The smallest absolute Gasteiger partial charge is 0.270 e. The van der Waals surface area contributed by atoms with Gasteiger partial charge >= 0.3 is 0 Å². The van der Waals surface area contributed by atoms with Gasteiger partial charge < -0.3 is 5.32 Å². The molecule has 0 atom stereocenters. The molecule has 0 radical (unpaired) electrons. The predicted octanol–water partition coefficient (Wildman–Crippen LogP) is 1.84. The van der Waals surface area contributed by atoms with E-state index in [4.69, 9.17) is 0 Å². The zero-order chi connectivity index (χ0) is 19.5. The number of fused-ring (bicyclic) bond motifs is 1. The molecule has 142 valence electrons. The number of benzene rings is 1. The highest BCUT2D eigenvalue weighted by atomic mass is 32.1.